The number of hydrogen-bond donors (Lipinski definition) is 2. The van der Waals surface area contributed by atoms with Crippen molar-refractivity contribution in [3.63, 3.8) is 0 Å². The number of carbonyl (C=O) groups is 1. The van der Waals surface area contributed by atoms with E-state index in [1.807, 2.05) is 23.1 Å². The number of hydrogen-bond acceptors (Lipinski definition) is 4. The van der Waals surface area contributed by atoms with Crippen molar-refractivity contribution in [1.29, 1.82) is 0 Å². The Hall–Kier alpha value is -1.71. The third kappa shape index (κ3) is 5.93. The van der Waals surface area contributed by atoms with E-state index in [-0.39, 0.29) is 29.9 Å². The van der Waals surface area contributed by atoms with Gasteiger partial charge in [-0.05, 0) is 31.4 Å². The number of halogens is 1. The van der Waals surface area contributed by atoms with Crippen molar-refractivity contribution in [2.24, 2.45) is 10.7 Å². The summed E-state index contributed by atoms with van der Waals surface area (Å²) in [6.07, 6.45) is 4.68. The highest BCUT2D eigenvalue weighted by atomic mass is 127. The Morgan fingerprint density at radius 3 is 2.62 bits per heavy atom. The molecule has 0 radical (unpaired) electrons. The van der Waals surface area contributed by atoms with Gasteiger partial charge in [0, 0.05) is 37.7 Å². The number of guanidine groups is 1. The monoisotopic (exact) mass is 474 g/mol. The lowest BCUT2D eigenvalue weighted by atomic mass is 10.1. The third-order valence-electron chi connectivity index (χ3n) is 4.34. The van der Waals surface area contributed by atoms with Crippen LogP contribution in [-0.4, -0.2) is 49.6 Å². The number of aliphatic imine (C=N–C) groups is 1. The van der Waals surface area contributed by atoms with E-state index >= 15 is 0 Å². The molecule has 144 valence electrons. The number of nitrogens with zero attached hydrogens (tertiary/aromatic N) is 2. The summed E-state index contributed by atoms with van der Waals surface area (Å²) in [6.45, 7) is 3.42. The van der Waals surface area contributed by atoms with Gasteiger partial charge in [0.25, 0.3) is 0 Å². The third-order valence-corrected chi connectivity index (χ3v) is 4.34. The SMILES string of the molecule is I.NC(=NCCC(=O)N1CCCCC1)Nc1ccc2c(c1)OCCCO2. The lowest BCUT2D eigenvalue weighted by molar-refractivity contribution is -0.131. The van der Waals surface area contributed by atoms with Crippen LogP contribution >= 0.6 is 24.0 Å². The summed E-state index contributed by atoms with van der Waals surface area (Å²) < 4.78 is 11.3. The average Bonchev–Trinajstić information content (AvgIpc) is 2.87. The minimum Gasteiger partial charge on any atom is -0.490 e. The van der Waals surface area contributed by atoms with Crippen molar-refractivity contribution in [1.82, 2.24) is 4.90 Å². The molecule has 2 heterocycles. The van der Waals surface area contributed by atoms with E-state index in [4.69, 9.17) is 15.2 Å². The zero-order valence-corrected chi connectivity index (χ0v) is 17.2. The Labute approximate surface area is 171 Å². The topological polar surface area (TPSA) is 89.2 Å². The van der Waals surface area contributed by atoms with Crippen LogP contribution in [0.2, 0.25) is 0 Å². The van der Waals surface area contributed by atoms with Crippen molar-refractivity contribution in [3.05, 3.63) is 18.2 Å². The Balaban J connectivity index is 0.00000243. The van der Waals surface area contributed by atoms with Crippen LogP contribution in [0.5, 0.6) is 11.5 Å². The number of nitrogens with two attached hydrogens (primary N) is 1. The molecule has 0 bridgehead atoms. The van der Waals surface area contributed by atoms with Crippen LogP contribution in [0.3, 0.4) is 0 Å². The largest absolute Gasteiger partial charge is 0.490 e. The second-order valence-electron chi connectivity index (χ2n) is 6.30. The Morgan fingerprint density at radius 1 is 1.12 bits per heavy atom. The molecule has 0 aliphatic carbocycles. The molecule has 0 aromatic heterocycles. The van der Waals surface area contributed by atoms with Gasteiger partial charge in [-0.25, -0.2) is 0 Å². The number of piperidine rings is 1. The summed E-state index contributed by atoms with van der Waals surface area (Å²) in [5.41, 5.74) is 6.70. The van der Waals surface area contributed by atoms with E-state index in [2.05, 4.69) is 10.3 Å². The number of carbonyl (C=O) groups excluding carboxylic acids is 1. The normalized spacial score (nSPS) is 17.1. The minimum absolute atomic E-state index is 0. The van der Waals surface area contributed by atoms with Crippen molar-refractivity contribution in [2.45, 2.75) is 32.1 Å². The van der Waals surface area contributed by atoms with E-state index in [9.17, 15) is 4.79 Å². The van der Waals surface area contributed by atoms with Gasteiger partial charge in [-0.3, -0.25) is 9.79 Å². The maximum Gasteiger partial charge on any atom is 0.224 e. The van der Waals surface area contributed by atoms with Gasteiger partial charge in [-0.15, -0.1) is 24.0 Å². The van der Waals surface area contributed by atoms with Crippen molar-refractivity contribution in [3.8, 4) is 11.5 Å². The summed E-state index contributed by atoms with van der Waals surface area (Å²) in [5.74, 6) is 1.90. The van der Waals surface area contributed by atoms with E-state index in [1.54, 1.807) is 0 Å². The fourth-order valence-electron chi connectivity index (χ4n) is 3.00. The number of likely N-dealkylation sites (tertiary alicyclic amines) is 1. The highest BCUT2D eigenvalue weighted by molar-refractivity contribution is 14.0. The lowest BCUT2D eigenvalue weighted by Gasteiger charge is -2.26. The second-order valence-corrected chi connectivity index (χ2v) is 6.30. The van der Waals surface area contributed by atoms with Gasteiger partial charge in [-0.2, -0.15) is 0 Å². The summed E-state index contributed by atoms with van der Waals surface area (Å²) >= 11 is 0. The summed E-state index contributed by atoms with van der Waals surface area (Å²) in [6, 6.07) is 5.58. The number of amides is 1. The number of fused-ring (bicyclic) bond motifs is 1. The van der Waals surface area contributed by atoms with Gasteiger partial charge in [0.15, 0.2) is 17.5 Å². The lowest BCUT2D eigenvalue weighted by Crippen LogP contribution is -2.36. The molecule has 8 heteroatoms. The van der Waals surface area contributed by atoms with Crippen molar-refractivity contribution < 1.29 is 14.3 Å². The van der Waals surface area contributed by atoms with E-state index in [0.29, 0.717) is 37.9 Å². The molecule has 3 rings (SSSR count). The summed E-state index contributed by atoms with van der Waals surface area (Å²) in [7, 11) is 0. The molecule has 1 aromatic carbocycles. The minimum atomic E-state index is 0. The van der Waals surface area contributed by atoms with Gasteiger partial charge in [0.05, 0.1) is 19.8 Å². The number of ether oxygens (including phenoxy) is 2. The maximum absolute atomic E-state index is 12.1. The van der Waals surface area contributed by atoms with E-state index in [0.717, 1.165) is 43.8 Å². The fraction of sp³-hybridized carbons (Fsp3) is 0.556. The van der Waals surface area contributed by atoms with E-state index in [1.165, 1.54) is 6.42 Å². The molecule has 1 aromatic rings. The zero-order valence-electron chi connectivity index (χ0n) is 14.9. The van der Waals surface area contributed by atoms with Gasteiger partial charge in [-0.1, -0.05) is 0 Å². The van der Waals surface area contributed by atoms with Gasteiger partial charge >= 0.3 is 0 Å². The molecule has 0 spiro atoms. The Bertz CT molecular complexity index is 633. The smallest absolute Gasteiger partial charge is 0.224 e. The van der Waals surface area contributed by atoms with Crippen LogP contribution in [0.25, 0.3) is 0 Å². The quantitative estimate of drug-likeness (QED) is 0.398. The Morgan fingerprint density at radius 2 is 1.85 bits per heavy atom. The van der Waals surface area contributed by atoms with Gasteiger partial charge < -0.3 is 25.4 Å². The van der Waals surface area contributed by atoms with Gasteiger partial charge in [0.1, 0.15) is 0 Å². The first-order valence-corrected chi connectivity index (χ1v) is 8.97. The highest BCUT2D eigenvalue weighted by Gasteiger charge is 2.15. The molecule has 0 unspecified atom stereocenters. The molecule has 0 atom stereocenters. The first-order valence-electron chi connectivity index (χ1n) is 8.97. The van der Waals surface area contributed by atoms with Crippen LogP contribution < -0.4 is 20.5 Å². The van der Waals surface area contributed by atoms with Crippen LogP contribution in [0, 0.1) is 0 Å². The molecular formula is C18H27IN4O3. The average molecular weight is 474 g/mol. The van der Waals surface area contributed by atoms with Crippen LogP contribution in [0.15, 0.2) is 23.2 Å². The van der Waals surface area contributed by atoms with Crippen LogP contribution in [-0.2, 0) is 4.79 Å². The molecule has 1 fully saturated rings. The number of benzene rings is 1. The molecule has 7 nitrogen and oxygen atoms in total. The zero-order chi connectivity index (χ0) is 17.5. The molecule has 2 aliphatic rings. The van der Waals surface area contributed by atoms with Gasteiger partial charge in [0.2, 0.25) is 5.91 Å². The highest BCUT2D eigenvalue weighted by Crippen LogP contribution is 2.32. The fourth-order valence-corrected chi connectivity index (χ4v) is 3.00. The Kier molecular flexibility index (Phi) is 8.27. The molecule has 3 N–H and O–H groups in total. The van der Waals surface area contributed by atoms with E-state index < -0.39 is 0 Å². The van der Waals surface area contributed by atoms with Crippen LogP contribution in [0.1, 0.15) is 32.1 Å². The summed E-state index contributed by atoms with van der Waals surface area (Å²) in [5, 5.41) is 3.03. The predicted octanol–water partition coefficient (Wildman–Crippen LogP) is 2.60. The van der Waals surface area contributed by atoms with Crippen molar-refractivity contribution in [2.75, 3.05) is 38.2 Å². The molecule has 1 saturated heterocycles. The molecule has 1 amide bonds. The maximum atomic E-state index is 12.1. The molecular weight excluding hydrogens is 447 g/mol. The molecule has 2 aliphatic heterocycles. The summed E-state index contributed by atoms with van der Waals surface area (Å²) in [4.78, 5) is 18.3. The number of anilines is 1. The standard InChI is InChI=1S/C18H26N4O3.HI/c19-18(20-8-7-17(23)22-9-2-1-3-10-22)21-14-5-6-15-16(13-14)25-12-4-11-24-15;/h5-6,13H,1-4,7-12H2,(H3,19,20,21);1H. The molecule has 0 saturated carbocycles. The van der Waals surface area contributed by atoms with Crippen LogP contribution in [0.4, 0.5) is 5.69 Å². The number of rotatable bonds is 4. The van der Waals surface area contributed by atoms with Crippen molar-refractivity contribution >= 4 is 41.5 Å². The molecule has 26 heavy (non-hydrogen) atoms. The first kappa shape index (κ1) is 20.6. The first-order chi connectivity index (χ1) is 12.2. The number of nitrogens with one attached hydrogen (secondary N) is 1. The second kappa shape index (κ2) is 10.4. The predicted molar refractivity (Wildman–Crippen MR) is 113 cm³/mol.